The highest BCUT2D eigenvalue weighted by atomic mass is 16.5. The van der Waals surface area contributed by atoms with Crippen LogP contribution in [0.1, 0.15) is 55.5 Å². The zero-order valence-electron chi connectivity index (χ0n) is 17.3. The summed E-state index contributed by atoms with van der Waals surface area (Å²) >= 11 is 0. The molecule has 0 fully saturated rings. The van der Waals surface area contributed by atoms with Gasteiger partial charge < -0.3 is 19.5 Å². The number of fused-ring (bicyclic) bond motifs is 1. The molecule has 1 heterocycles. The fourth-order valence-electron chi connectivity index (χ4n) is 3.85. The Morgan fingerprint density at radius 1 is 0.963 bits per heavy atom. The summed E-state index contributed by atoms with van der Waals surface area (Å²) in [6, 6.07) is 10.8. The molecular weight excluding hydrogens is 338 g/mol. The molecule has 0 spiro atoms. The highest BCUT2D eigenvalue weighted by Gasteiger charge is 2.29. The monoisotopic (exact) mass is 369 g/mol. The first-order valence-electron chi connectivity index (χ1n) is 9.62. The van der Waals surface area contributed by atoms with Crippen molar-refractivity contribution < 1.29 is 14.2 Å². The predicted octanol–water partition coefficient (Wildman–Crippen LogP) is 4.64. The van der Waals surface area contributed by atoms with Crippen LogP contribution in [0.25, 0.3) is 0 Å². The second-order valence-corrected chi connectivity index (χ2v) is 7.70. The van der Waals surface area contributed by atoms with E-state index in [9.17, 15) is 0 Å². The molecule has 0 aliphatic carbocycles. The lowest BCUT2D eigenvalue weighted by molar-refractivity contribution is 0.348. The van der Waals surface area contributed by atoms with Crippen molar-refractivity contribution in [3.8, 4) is 17.2 Å². The molecular formula is C23H31NO3. The minimum Gasteiger partial charge on any atom is -0.496 e. The largest absolute Gasteiger partial charge is 0.496 e. The SMILES string of the molecule is CCC(C)(C)c1ccc(OC)c(C2NCCc3c2ccc(OC)c3OC)c1. The van der Waals surface area contributed by atoms with Gasteiger partial charge in [-0.05, 0) is 47.6 Å². The Bertz CT molecular complexity index is 814. The van der Waals surface area contributed by atoms with Crippen LogP contribution in [0.3, 0.4) is 0 Å². The lowest BCUT2D eigenvalue weighted by Gasteiger charge is -2.32. The Labute approximate surface area is 162 Å². The minimum atomic E-state index is 0.0658. The summed E-state index contributed by atoms with van der Waals surface area (Å²) in [6.45, 7) is 7.68. The molecule has 1 N–H and O–H groups in total. The second kappa shape index (κ2) is 7.81. The van der Waals surface area contributed by atoms with E-state index in [2.05, 4.69) is 50.4 Å². The van der Waals surface area contributed by atoms with Crippen molar-refractivity contribution in [3.05, 3.63) is 52.6 Å². The maximum absolute atomic E-state index is 5.72. The summed E-state index contributed by atoms with van der Waals surface area (Å²) in [7, 11) is 5.13. The standard InChI is InChI=1S/C23H31NO3/c1-7-23(2,3)15-8-10-19(25-4)18(14-15)21-16-9-11-20(26-5)22(27-6)17(16)12-13-24-21/h8-11,14,21,24H,7,12-13H2,1-6H3. The molecule has 0 saturated heterocycles. The van der Waals surface area contributed by atoms with Gasteiger partial charge in [0.15, 0.2) is 11.5 Å². The van der Waals surface area contributed by atoms with Crippen LogP contribution in [0.5, 0.6) is 17.2 Å². The topological polar surface area (TPSA) is 39.7 Å². The number of hydrogen-bond acceptors (Lipinski definition) is 4. The Hall–Kier alpha value is -2.20. The smallest absolute Gasteiger partial charge is 0.164 e. The molecule has 0 aromatic heterocycles. The first-order chi connectivity index (χ1) is 13.0. The van der Waals surface area contributed by atoms with Gasteiger partial charge in [0.05, 0.1) is 27.4 Å². The first-order valence-corrected chi connectivity index (χ1v) is 9.62. The lowest BCUT2D eigenvalue weighted by atomic mass is 9.80. The van der Waals surface area contributed by atoms with Gasteiger partial charge in [0.2, 0.25) is 0 Å². The van der Waals surface area contributed by atoms with Gasteiger partial charge >= 0.3 is 0 Å². The van der Waals surface area contributed by atoms with Gasteiger partial charge in [-0.1, -0.05) is 32.9 Å². The van der Waals surface area contributed by atoms with E-state index in [0.29, 0.717) is 0 Å². The molecule has 3 rings (SSSR count). The van der Waals surface area contributed by atoms with E-state index in [1.807, 2.05) is 6.07 Å². The van der Waals surface area contributed by atoms with Crippen LogP contribution in [0.15, 0.2) is 30.3 Å². The molecule has 0 bridgehead atoms. The molecule has 0 radical (unpaired) electrons. The Morgan fingerprint density at radius 2 is 1.67 bits per heavy atom. The summed E-state index contributed by atoms with van der Waals surface area (Å²) in [4.78, 5) is 0. The number of hydrogen-bond donors (Lipinski definition) is 1. The third-order valence-corrected chi connectivity index (χ3v) is 5.93. The second-order valence-electron chi connectivity index (χ2n) is 7.70. The molecule has 27 heavy (non-hydrogen) atoms. The number of methoxy groups -OCH3 is 3. The normalized spacial score (nSPS) is 16.6. The average Bonchev–Trinajstić information content (AvgIpc) is 2.71. The van der Waals surface area contributed by atoms with Crippen LogP contribution in [0.4, 0.5) is 0 Å². The van der Waals surface area contributed by atoms with Crippen LogP contribution in [0.2, 0.25) is 0 Å². The molecule has 2 aromatic carbocycles. The average molecular weight is 370 g/mol. The Morgan fingerprint density at radius 3 is 2.30 bits per heavy atom. The predicted molar refractivity (Wildman–Crippen MR) is 109 cm³/mol. The molecule has 4 nitrogen and oxygen atoms in total. The summed E-state index contributed by atoms with van der Waals surface area (Å²) < 4.78 is 16.9. The van der Waals surface area contributed by atoms with Crippen molar-refractivity contribution >= 4 is 0 Å². The van der Waals surface area contributed by atoms with Gasteiger partial charge in [0, 0.05) is 17.7 Å². The summed E-state index contributed by atoms with van der Waals surface area (Å²) in [6.07, 6.45) is 1.99. The van der Waals surface area contributed by atoms with E-state index < -0.39 is 0 Å². The zero-order valence-corrected chi connectivity index (χ0v) is 17.3. The fourth-order valence-corrected chi connectivity index (χ4v) is 3.85. The van der Waals surface area contributed by atoms with E-state index in [1.165, 1.54) is 22.3 Å². The van der Waals surface area contributed by atoms with E-state index >= 15 is 0 Å². The van der Waals surface area contributed by atoms with Crippen LogP contribution in [-0.4, -0.2) is 27.9 Å². The van der Waals surface area contributed by atoms with Crippen molar-refractivity contribution in [2.75, 3.05) is 27.9 Å². The third-order valence-electron chi connectivity index (χ3n) is 5.93. The molecule has 146 valence electrons. The van der Waals surface area contributed by atoms with E-state index in [1.54, 1.807) is 21.3 Å². The quantitative estimate of drug-likeness (QED) is 0.805. The number of ether oxygens (including phenoxy) is 3. The molecule has 0 amide bonds. The highest BCUT2D eigenvalue weighted by Crippen LogP contribution is 2.42. The van der Waals surface area contributed by atoms with Crippen molar-refractivity contribution in [3.63, 3.8) is 0 Å². The molecule has 1 atom stereocenters. The molecule has 2 aromatic rings. The maximum Gasteiger partial charge on any atom is 0.164 e. The zero-order chi connectivity index (χ0) is 19.6. The third kappa shape index (κ3) is 3.51. The highest BCUT2D eigenvalue weighted by molar-refractivity contribution is 5.56. The van der Waals surface area contributed by atoms with Gasteiger partial charge in [-0.25, -0.2) is 0 Å². The van der Waals surface area contributed by atoms with Gasteiger partial charge in [-0.2, -0.15) is 0 Å². The van der Waals surface area contributed by atoms with Gasteiger partial charge in [-0.15, -0.1) is 0 Å². The van der Waals surface area contributed by atoms with E-state index in [4.69, 9.17) is 14.2 Å². The Kier molecular flexibility index (Phi) is 5.66. The summed E-state index contributed by atoms with van der Waals surface area (Å²) in [5.41, 5.74) is 5.06. The first kappa shape index (κ1) is 19.6. The van der Waals surface area contributed by atoms with Gasteiger partial charge in [-0.3, -0.25) is 0 Å². The van der Waals surface area contributed by atoms with E-state index in [0.717, 1.165) is 36.6 Å². The van der Waals surface area contributed by atoms with Crippen molar-refractivity contribution in [2.24, 2.45) is 0 Å². The van der Waals surface area contributed by atoms with Crippen molar-refractivity contribution in [2.45, 2.75) is 45.1 Å². The summed E-state index contributed by atoms with van der Waals surface area (Å²) in [5, 5.41) is 3.68. The molecule has 1 aliphatic rings. The molecule has 1 aliphatic heterocycles. The Balaban J connectivity index is 2.15. The van der Waals surface area contributed by atoms with Crippen LogP contribution < -0.4 is 19.5 Å². The van der Waals surface area contributed by atoms with Gasteiger partial charge in [0.1, 0.15) is 5.75 Å². The maximum atomic E-state index is 5.72. The van der Waals surface area contributed by atoms with Crippen molar-refractivity contribution in [1.29, 1.82) is 0 Å². The summed E-state index contributed by atoms with van der Waals surface area (Å²) in [5.74, 6) is 2.53. The lowest BCUT2D eigenvalue weighted by Crippen LogP contribution is -2.31. The molecule has 1 unspecified atom stereocenters. The van der Waals surface area contributed by atoms with E-state index in [-0.39, 0.29) is 11.5 Å². The van der Waals surface area contributed by atoms with Crippen LogP contribution >= 0.6 is 0 Å². The number of nitrogens with one attached hydrogen (secondary N) is 1. The van der Waals surface area contributed by atoms with Gasteiger partial charge in [0.25, 0.3) is 0 Å². The minimum absolute atomic E-state index is 0.0658. The molecule has 0 saturated carbocycles. The van der Waals surface area contributed by atoms with Crippen molar-refractivity contribution in [1.82, 2.24) is 5.32 Å². The molecule has 4 heteroatoms. The number of benzene rings is 2. The van der Waals surface area contributed by atoms with Crippen LogP contribution in [-0.2, 0) is 11.8 Å². The number of rotatable bonds is 6. The van der Waals surface area contributed by atoms with Crippen LogP contribution in [0, 0.1) is 0 Å². The fraction of sp³-hybridized carbons (Fsp3) is 0.478.